The predicted octanol–water partition coefficient (Wildman–Crippen LogP) is 2.96. The molecule has 1 aliphatic rings. The molecule has 0 bridgehead atoms. The molecule has 80 valence electrons. The van der Waals surface area contributed by atoms with E-state index in [1.807, 2.05) is 24.3 Å². The van der Waals surface area contributed by atoms with Crippen LogP contribution in [-0.4, -0.2) is 11.4 Å². The quantitative estimate of drug-likeness (QED) is 0.854. The van der Waals surface area contributed by atoms with Gasteiger partial charge in [0.15, 0.2) is 0 Å². The Bertz CT molecular complexity index is 385. The van der Waals surface area contributed by atoms with Crippen LogP contribution in [0.15, 0.2) is 24.3 Å². The van der Waals surface area contributed by atoms with Gasteiger partial charge in [-0.1, -0.05) is 13.0 Å². The molecule has 1 amide bonds. The molecule has 1 aromatic rings. The average Bonchev–Trinajstić information content (AvgIpc) is 2.98. The number of hydrogen-bond donors (Lipinski definition) is 1. The lowest BCUT2D eigenvalue weighted by Crippen LogP contribution is -2.36. The molecular formula is C12H14INO. The zero-order chi connectivity index (χ0) is 10.9. The van der Waals surface area contributed by atoms with Gasteiger partial charge in [-0.25, -0.2) is 0 Å². The summed E-state index contributed by atoms with van der Waals surface area (Å²) in [5.41, 5.74) is 0.875. The summed E-state index contributed by atoms with van der Waals surface area (Å²) >= 11 is 2.22. The summed E-state index contributed by atoms with van der Waals surface area (Å²) in [6.07, 6.45) is 3.28. The fourth-order valence-corrected chi connectivity index (χ4v) is 2.20. The Morgan fingerprint density at radius 3 is 2.80 bits per heavy atom. The zero-order valence-electron chi connectivity index (χ0n) is 8.72. The molecule has 1 saturated carbocycles. The third kappa shape index (κ3) is 2.51. The number of carbonyl (C=O) groups is 1. The molecule has 2 nitrogen and oxygen atoms in total. The smallest absolute Gasteiger partial charge is 0.251 e. The third-order valence-corrected chi connectivity index (χ3v) is 3.67. The summed E-state index contributed by atoms with van der Waals surface area (Å²) in [5, 5.41) is 3.12. The van der Waals surface area contributed by atoms with Crippen molar-refractivity contribution in [2.75, 3.05) is 0 Å². The first kappa shape index (κ1) is 10.9. The first-order chi connectivity index (χ1) is 7.15. The van der Waals surface area contributed by atoms with Gasteiger partial charge in [0.2, 0.25) is 0 Å². The maximum Gasteiger partial charge on any atom is 0.251 e. The predicted molar refractivity (Wildman–Crippen MR) is 68.9 cm³/mol. The highest BCUT2D eigenvalue weighted by Gasteiger charge is 2.42. The van der Waals surface area contributed by atoms with Gasteiger partial charge in [-0.3, -0.25) is 4.79 Å². The van der Waals surface area contributed by atoms with Crippen LogP contribution in [0.5, 0.6) is 0 Å². The molecule has 1 aliphatic carbocycles. The van der Waals surface area contributed by atoms with Crippen LogP contribution in [0.2, 0.25) is 0 Å². The molecule has 0 heterocycles. The van der Waals surface area contributed by atoms with Crippen LogP contribution in [0.3, 0.4) is 0 Å². The van der Waals surface area contributed by atoms with Gasteiger partial charge >= 0.3 is 0 Å². The Morgan fingerprint density at radius 1 is 1.53 bits per heavy atom. The van der Waals surface area contributed by atoms with Gasteiger partial charge in [0, 0.05) is 14.7 Å². The second-order valence-corrected chi connectivity index (χ2v) is 5.34. The molecule has 0 aliphatic heterocycles. The molecule has 0 atom stereocenters. The second kappa shape index (κ2) is 4.12. The molecular weight excluding hydrogens is 301 g/mol. The number of halogens is 1. The van der Waals surface area contributed by atoms with E-state index in [1.165, 1.54) is 0 Å². The fourth-order valence-electron chi connectivity index (χ4n) is 1.66. The van der Waals surface area contributed by atoms with Gasteiger partial charge in [-0.15, -0.1) is 0 Å². The number of hydrogen-bond acceptors (Lipinski definition) is 1. The van der Waals surface area contributed by atoms with E-state index >= 15 is 0 Å². The molecule has 0 unspecified atom stereocenters. The van der Waals surface area contributed by atoms with Crippen molar-refractivity contribution in [2.45, 2.75) is 31.7 Å². The molecule has 15 heavy (non-hydrogen) atoms. The Hall–Kier alpha value is -0.580. The van der Waals surface area contributed by atoms with Crippen LogP contribution in [0.1, 0.15) is 36.5 Å². The summed E-state index contributed by atoms with van der Waals surface area (Å²) in [5.74, 6) is 0.0628. The normalized spacial score (nSPS) is 17.2. The van der Waals surface area contributed by atoms with E-state index in [1.54, 1.807) is 0 Å². The largest absolute Gasteiger partial charge is 0.347 e. The van der Waals surface area contributed by atoms with E-state index in [2.05, 4.69) is 34.8 Å². The van der Waals surface area contributed by atoms with Crippen molar-refractivity contribution < 1.29 is 4.79 Å². The van der Waals surface area contributed by atoms with Gasteiger partial charge < -0.3 is 5.32 Å². The summed E-state index contributed by atoms with van der Waals surface area (Å²) in [7, 11) is 0. The number of benzene rings is 1. The van der Waals surface area contributed by atoms with Crippen molar-refractivity contribution >= 4 is 28.5 Å². The first-order valence-corrected chi connectivity index (χ1v) is 6.31. The topological polar surface area (TPSA) is 29.1 Å². The molecule has 2 rings (SSSR count). The summed E-state index contributed by atoms with van der Waals surface area (Å²) < 4.78 is 1.10. The molecule has 0 saturated heterocycles. The maximum absolute atomic E-state index is 11.9. The van der Waals surface area contributed by atoms with Gasteiger partial charge in [0.05, 0.1) is 0 Å². The summed E-state index contributed by atoms with van der Waals surface area (Å²) in [4.78, 5) is 11.9. The van der Waals surface area contributed by atoms with E-state index in [-0.39, 0.29) is 11.4 Å². The monoisotopic (exact) mass is 315 g/mol. The van der Waals surface area contributed by atoms with Crippen molar-refractivity contribution in [1.82, 2.24) is 5.32 Å². The lowest BCUT2D eigenvalue weighted by Gasteiger charge is -2.14. The van der Waals surface area contributed by atoms with Gasteiger partial charge in [-0.2, -0.15) is 0 Å². The van der Waals surface area contributed by atoms with Crippen LogP contribution in [0.25, 0.3) is 0 Å². The van der Waals surface area contributed by atoms with E-state index in [0.717, 1.165) is 28.4 Å². The third-order valence-electron chi connectivity index (χ3n) is 3.00. The van der Waals surface area contributed by atoms with Crippen LogP contribution in [0, 0.1) is 3.57 Å². The summed E-state index contributed by atoms with van der Waals surface area (Å²) in [6, 6.07) is 7.69. The van der Waals surface area contributed by atoms with Gasteiger partial charge in [0.25, 0.3) is 5.91 Å². The molecule has 3 heteroatoms. The molecule has 0 spiro atoms. The Kier molecular flexibility index (Phi) is 3.00. The highest BCUT2D eigenvalue weighted by atomic mass is 127. The minimum atomic E-state index is 0.0628. The van der Waals surface area contributed by atoms with E-state index in [0.29, 0.717) is 0 Å². The molecule has 0 radical (unpaired) electrons. The maximum atomic E-state index is 11.9. The number of rotatable bonds is 3. The van der Waals surface area contributed by atoms with Gasteiger partial charge in [-0.05, 0) is 60.1 Å². The Morgan fingerprint density at radius 2 is 2.27 bits per heavy atom. The number of carbonyl (C=O) groups excluding carboxylic acids is 1. The van der Waals surface area contributed by atoms with E-state index < -0.39 is 0 Å². The zero-order valence-corrected chi connectivity index (χ0v) is 10.9. The fraction of sp³-hybridized carbons (Fsp3) is 0.417. The molecule has 0 aromatic heterocycles. The Balaban J connectivity index is 2.08. The minimum Gasteiger partial charge on any atom is -0.347 e. The highest BCUT2D eigenvalue weighted by Crippen LogP contribution is 2.38. The highest BCUT2D eigenvalue weighted by molar-refractivity contribution is 14.1. The van der Waals surface area contributed by atoms with Crippen molar-refractivity contribution in [3.8, 4) is 0 Å². The number of amides is 1. The summed E-state index contributed by atoms with van der Waals surface area (Å²) in [6.45, 7) is 2.13. The average molecular weight is 315 g/mol. The van der Waals surface area contributed by atoms with Crippen LogP contribution >= 0.6 is 22.6 Å². The van der Waals surface area contributed by atoms with Crippen molar-refractivity contribution in [1.29, 1.82) is 0 Å². The standard InChI is InChI=1S/C12H14INO/c1-2-12(6-7-12)14-11(15)9-4-3-5-10(13)8-9/h3-5,8H,2,6-7H2,1H3,(H,14,15). The second-order valence-electron chi connectivity index (χ2n) is 4.10. The molecule has 1 aromatic carbocycles. The molecule has 1 fully saturated rings. The SMILES string of the molecule is CCC1(NC(=O)c2cccc(I)c2)CC1. The van der Waals surface area contributed by atoms with Gasteiger partial charge in [0.1, 0.15) is 0 Å². The van der Waals surface area contributed by atoms with E-state index in [4.69, 9.17) is 0 Å². The van der Waals surface area contributed by atoms with Crippen molar-refractivity contribution in [3.05, 3.63) is 33.4 Å². The number of nitrogens with one attached hydrogen (secondary N) is 1. The lowest BCUT2D eigenvalue weighted by molar-refractivity contribution is 0.0930. The minimum absolute atomic E-state index is 0.0628. The Labute approximate surface area is 104 Å². The van der Waals surface area contributed by atoms with Crippen LogP contribution in [-0.2, 0) is 0 Å². The van der Waals surface area contributed by atoms with Crippen molar-refractivity contribution in [2.24, 2.45) is 0 Å². The first-order valence-electron chi connectivity index (χ1n) is 5.23. The van der Waals surface area contributed by atoms with E-state index in [9.17, 15) is 4.79 Å². The molecule has 1 N–H and O–H groups in total. The van der Waals surface area contributed by atoms with Crippen LogP contribution < -0.4 is 5.32 Å². The van der Waals surface area contributed by atoms with Crippen LogP contribution in [0.4, 0.5) is 0 Å². The van der Waals surface area contributed by atoms with Crippen molar-refractivity contribution in [3.63, 3.8) is 0 Å². The lowest BCUT2D eigenvalue weighted by atomic mass is 10.1.